The van der Waals surface area contributed by atoms with Gasteiger partial charge in [0.1, 0.15) is 5.82 Å². The number of carbonyl (C=O) groups is 1. The van der Waals surface area contributed by atoms with E-state index in [0.717, 1.165) is 10.0 Å². The molecule has 4 aromatic rings. The lowest BCUT2D eigenvalue weighted by molar-refractivity contribution is -0.118. The standard InChI is InChI=1S/C29H29BrN4O4/c1-18-9-12-21(13-10-18)32-25(35)17-38-26-19(7-6-8-24(26)37-5)16-31-34-27(36)22-15-20(30)11-14-23(22)33-28(34)29(2,3)4/h6-16H,17H2,1-5H3,(H,32,35). The molecule has 0 unspecified atom stereocenters. The van der Waals surface area contributed by atoms with Crippen LogP contribution < -0.4 is 20.3 Å². The van der Waals surface area contributed by atoms with Crippen molar-refractivity contribution in [2.45, 2.75) is 33.1 Å². The van der Waals surface area contributed by atoms with Crippen molar-refractivity contribution in [3.63, 3.8) is 0 Å². The lowest BCUT2D eigenvalue weighted by Gasteiger charge is -2.21. The van der Waals surface area contributed by atoms with Crippen LogP contribution in [-0.2, 0) is 10.2 Å². The molecule has 0 saturated carbocycles. The van der Waals surface area contributed by atoms with Crippen molar-refractivity contribution in [2.24, 2.45) is 5.10 Å². The van der Waals surface area contributed by atoms with Crippen molar-refractivity contribution in [1.29, 1.82) is 0 Å². The van der Waals surface area contributed by atoms with Crippen LogP contribution in [0.2, 0.25) is 0 Å². The summed E-state index contributed by atoms with van der Waals surface area (Å²) in [7, 11) is 1.52. The molecule has 1 aromatic heterocycles. The molecule has 9 heteroatoms. The number of halogens is 1. The molecule has 0 aliphatic heterocycles. The third-order valence-electron chi connectivity index (χ3n) is 5.70. The summed E-state index contributed by atoms with van der Waals surface area (Å²) in [5.74, 6) is 0.954. The van der Waals surface area contributed by atoms with Crippen LogP contribution in [0.25, 0.3) is 10.9 Å². The Kier molecular flexibility index (Phi) is 7.97. The van der Waals surface area contributed by atoms with Crippen LogP contribution in [0.3, 0.4) is 0 Å². The predicted octanol–water partition coefficient (Wildman–Crippen LogP) is 5.67. The fourth-order valence-corrected chi connectivity index (χ4v) is 4.14. The number of rotatable bonds is 7. The van der Waals surface area contributed by atoms with Crippen LogP contribution in [-0.4, -0.2) is 35.5 Å². The number of hydrogen-bond acceptors (Lipinski definition) is 6. The summed E-state index contributed by atoms with van der Waals surface area (Å²) >= 11 is 3.43. The molecule has 0 bridgehead atoms. The number of hydrogen-bond donors (Lipinski definition) is 1. The fraction of sp³-hybridized carbons (Fsp3) is 0.241. The maximum Gasteiger partial charge on any atom is 0.282 e. The van der Waals surface area contributed by atoms with Crippen LogP contribution in [0.1, 0.15) is 37.7 Å². The summed E-state index contributed by atoms with van der Waals surface area (Å²) < 4.78 is 13.4. The Bertz CT molecular complexity index is 1570. The monoisotopic (exact) mass is 576 g/mol. The second-order valence-corrected chi connectivity index (χ2v) is 10.7. The van der Waals surface area contributed by atoms with E-state index >= 15 is 0 Å². The first-order valence-corrected chi connectivity index (χ1v) is 12.8. The first-order valence-electron chi connectivity index (χ1n) is 12.0. The lowest BCUT2D eigenvalue weighted by Crippen LogP contribution is -2.29. The van der Waals surface area contributed by atoms with Gasteiger partial charge in [-0.25, -0.2) is 4.98 Å². The number of para-hydroxylation sites is 1. The zero-order valence-electron chi connectivity index (χ0n) is 21.9. The largest absolute Gasteiger partial charge is 0.493 e. The average molecular weight is 577 g/mol. The van der Waals surface area contributed by atoms with Gasteiger partial charge in [0.2, 0.25) is 0 Å². The number of fused-ring (bicyclic) bond motifs is 1. The molecule has 0 spiro atoms. The third kappa shape index (κ3) is 6.11. The molecule has 8 nitrogen and oxygen atoms in total. The van der Waals surface area contributed by atoms with Gasteiger partial charge in [-0.1, -0.05) is 60.5 Å². The van der Waals surface area contributed by atoms with E-state index in [4.69, 9.17) is 14.5 Å². The van der Waals surface area contributed by atoms with Gasteiger partial charge in [-0.3, -0.25) is 9.59 Å². The molecule has 3 aromatic carbocycles. The number of amides is 1. The van der Waals surface area contributed by atoms with Crippen molar-refractivity contribution in [2.75, 3.05) is 19.0 Å². The lowest BCUT2D eigenvalue weighted by atomic mass is 9.95. The molecule has 0 atom stereocenters. The number of carbonyl (C=O) groups excluding carboxylic acids is 1. The van der Waals surface area contributed by atoms with Crippen molar-refractivity contribution >= 4 is 44.6 Å². The summed E-state index contributed by atoms with van der Waals surface area (Å²) in [5, 5.41) is 7.78. The highest BCUT2D eigenvalue weighted by molar-refractivity contribution is 9.10. The van der Waals surface area contributed by atoms with Crippen molar-refractivity contribution in [3.8, 4) is 11.5 Å². The minimum absolute atomic E-state index is 0.242. The van der Waals surface area contributed by atoms with E-state index in [2.05, 4.69) is 26.3 Å². The molecule has 0 saturated heterocycles. The number of aromatic nitrogens is 2. The Morgan fingerprint density at radius 3 is 2.55 bits per heavy atom. The summed E-state index contributed by atoms with van der Waals surface area (Å²) in [4.78, 5) is 30.8. The average Bonchev–Trinajstić information content (AvgIpc) is 2.88. The number of ether oxygens (including phenoxy) is 2. The molecule has 196 valence electrons. The molecule has 1 N–H and O–H groups in total. The maximum absolute atomic E-state index is 13.5. The predicted molar refractivity (Wildman–Crippen MR) is 154 cm³/mol. The molecular weight excluding hydrogens is 548 g/mol. The zero-order chi connectivity index (χ0) is 27.4. The van der Waals surface area contributed by atoms with E-state index < -0.39 is 5.41 Å². The molecule has 0 radical (unpaired) electrons. The van der Waals surface area contributed by atoms with Crippen LogP contribution in [0.15, 0.2) is 75.0 Å². The maximum atomic E-state index is 13.5. The second-order valence-electron chi connectivity index (χ2n) is 9.79. The normalized spacial score (nSPS) is 11.6. The van der Waals surface area contributed by atoms with Crippen molar-refractivity contribution in [1.82, 2.24) is 9.66 Å². The Morgan fingerprint density at radius 1 is 1.13 bits per heavy atom. The minimum atomic E-state index is -0.459. The van der Waals surface area contributed by atoms with Gasteiger partial charge in [-0.05, 0) is 49.4 Å². The van der Waals surface area contributed by atoms with Crippen LogP contribution >= 0.6 is 15.9 Å². The molecule has 1 amide bonds. The molecular formula is C29H29BrN4O4. The van der Waals surface area contributed by atoms with Crippen LogP contribution in [0.4, 0.5) is 5.69 Å². The molecule has 1 heterocycles. The van der Waals surface area contributed by atoms with Gasteiger partial charge in [-0.2, -0.15) is 9.78 Å². The fourth-order valence-electron chi connectivity index (χ4n) is 3.78. The number of benzene rings is 3. The van der Waals surface area contributed by atoms with E-state index in [1.165, 1.54) is 18.0 Å². The summed E-state index contributed by atoms with van der Waals surface area (Å²) in [6.45, 7) is 7.65. The first-order chi connectivity index (χ1) is 18.1. The molecule has 0 fully saturated rings. The Hall–Kier alpha value is -3.98. The highest BCUT2D eigenvalue weighted by atomic mass is 79.9. The van der Waals surface area contributed by atoms with E-state index in [1.54, 1.807) is 30.3 Å². The number of nitrogens with one attached hydrogen (secondary N) is 1. The van der Waals surface area contributed by atoms with Gasteiger partial charge in [0.25, 0.3) is 11.5 Å². The van der Waals surface area contributed by atoms with E-state index in [1.807, 2.05) is 58.0 Å². The molecule has 38 heavy (non-hydrogen) atoms. The quantitative estimate of drug-likeness (QED) is 0.286. The minimum Gasteiger partial charge on any atom is -0.493 e. The Morgan fingerprint density at radius 2 is 1.87 bits per heavy atom. The topological polar surface area (TPSA) is 94.8 Å². The van der Waals surface area contributed by atoms with Gasteiger partial charge in [0.05, 0.1) is 24.2 Å². The summed E-state index contributed by atoms with van der Waals surface area (Å²) in [5.41, 5.74) is 2.16. The van der Waals surface area contributed by atoms with Crippen molar-refractivity contribution in [3.05, 3.63) is 92.4 Å². The van der Waals surface area contributed by atoms with Crippen LogP contribution in [0.5, 0.6) is 11.5 Å². The SMILES string of the molecule is COc1cccc(C=Nn2c(C(C)(C)C)nc3ccc(Br)cc3c2=O)c1OCC(=O)Nc1ccc(C)cc1. The third-order valence-corrected chi connectivity index (χ3v) is 6.20. The van der Waals surface area contributed by atoms with Gasteiger partial charge >= 0.3 is 0 Å². The smallest absolute Gasteiger partial charge is 0.282 e. The van der Waals surface area contributed by atoms with Gasteiger partial charge in [-0.15, -0.1) is 0 Å². The molecule has 0 aliphatic rings. The van der Waals surface area contributed by atoms with Gasteiger partial charge in [0, 0.05) is 21.1 Å². The highest BCUT2D eigenvalue weighted by Gasteiger charge is 2.23. The molecule has 4 rings (SSSR count). The zero-order valence-corrected chi connectivity index (χ0v) is 23.5. The van der Waals surface area contributed by atoms with Gasteiger partial charge in [0.15, 0.2) is 18.1 Å². The highest BCUT2D eigenvalue weighted by Crippen LogP contribution is 2.30. The van der Waals surface area contributed by atoms with Crippen LogP contribution in [0, 0.1) is 6.92 Å². The van der Waals surface area contributed by atoms with Gasteiger partial charge < -0.3 is 14.8 Å². The number of anilines is 1. The number of methoxy groups -OCH3 is 1. The summed E-state index contributed by atoms with van der Waals surface area (Å²) in [6, 6.07) is 18.2. The second kappa shape index (κ2) is 11.2. The van der Waals surface area contributed by atoms with E-state index in [0.29, 0.717) is 39.5 Å². The Balaban J connectivity index is 1.68. The summed E-state index contributed by atoms with van der Waals surface area (Å²) in [6.07, 6.45) is 1.51. The Labute approximate surface area is 229 Å². The number of nitrogens with zero attached hydrogens (tertiary/aromatic N) is 3. The van der Waals surface area contributed by atoms with Crippen molar-refractivity contribution < 1.29 is 14.3 Å². The van der Waals surface area contributed by atoms with E-state index in [-0.39, 0.29) is 18.1 Å². The molecule has 0 aliphatic carbocycles. The first kappa shape index (κ1) is 27.1. The van der Waals surface area contributed by atoms with E-state index in [9.17, 15) is 9.59 Å². The number of aryl methyl sites for hydroxylation is 1.